The van der Waals surface area contributed by atoms with Gasteiger partial charge in [-0.3, -0.25) is 0 Å². The SMILES string of the molecule is CCOc1cc2nc(C3CNC3)cn2cc1Br. The average molecular weight is 296 g/mol. The zero-order valence-electron chi connectivity index (χ0n) is 9.61. The summed E-state index contributed by atoms with van der Waals surface area (Å²) in [6.45, 7) is 4.70. The monoisotopic (exact) mass is 295 g/mol. The number of halogens is 1. The number of aromatic nitrogens is 2. The maximum Gasteiger partial charge on any atom is 0.140 e. The minimum absolute atomic E-state index is 0.559. The van der Waals surface area contributed by atoms with E-state index in [0.29, 0.717) is 12.5 Å². The third kappa shape index (κ3) is 1.93. The van der Waals surface area contributed by atoms with Crippen LogP contribution in [-0.2, 0) is 0 Å². The van der Waals surface area contributed by atoms with Crippen LogP contribution < -0.4 is 10.1 Å². The van der Waals surface area contributed by atoms with Gasteiger partial charge >= 0.3 is 0 Å². The maximum absolute atomic E-state index is 5.54. The van der Waals surface area contributed by atoms with E-state index in [1.807, 2.05) is 23.6 Å². The van der Waals surface area contributed by atoms with Crippen LogP contribution in [0.4, 0.5) is 0 Å². The molecule has 1 aliphatic rings. The van der Waals surface area contributed by atoms with E-state index in [2.05, 4.69) is 32.4 Å². The second-order valence-electron chi connectivity index (χ2n) is 4.21. The van der Waals surface area contributed by atoms with Crippen molar-refractivity contribution in [2.75, 3.05) is 19.7 Å². The molecule has 90 valence electrons. The molecule has 0 aromatic carbocycles. The van der Waals surface area contributed by atoms with Gasteiger partial charge in [0, 0.05) is 37.5 Å². The van der Waals surface area contributed by atoms with Crippen molar-refractivity contribution in [2.45, 2.75) is 12.8 Å². The van der Waals surface area contributed by atoms with E-state index in [4.69, 9.17) is 4.74 Å². The summed E-state index contributed by atoms with van der Waals surface area (Å²) in [5.41, 5.74) is 2.10. The summed E-state index contributed by atoms with van der Waals surface area (Å²) in [5, 5.41) is 3.26. The molecule has 0 spiro atoms. The summed E-state index contributed by atoms with van der Waals surface area (Å²) in [6, 6.07) is 1.98. The Labute approximate surface area is 108 Å². The van der Waals surface area contributed by atoms with Crippen LogP contribution in [0, 0.1) is 0 Å². The average Bonchev–Trinajstić information content (AvgIpc) is 2.58. The van der Waals surface area contributed by atoms with E-state index in [0.717, 1.165) is 34.7 Å². The first-order chi connectivity index (χ1) is 8.28. The van der Waals surface area contributed by atoms with Crippen molar-refractivity contribution < 1.29 is 4.74 Å². The molecule has 0 atom stereocenters. The smallest absolute Gasteiger partial charge is 0.140 e. The molecule has 2 aromatic rings. The Hall–Kier alpha value is -1.07. The van der Waals surface area contributed by atoms with Gasteiger partial charge in [0.1, 0.15) is 11.4 Å². The van der Waals surface area contributed by atoms with Crippen molar-refractivity contribution in [3.63, 3.8) is 0 Å². The van der Waals surface area contributed by atoms with Crippen LogP contribution in [0.25, 0.3) is 5.65 Å². The van der Waals surface area contributed by atoms with Crippen LogP contribution in [0.15, 0.2) is 22.9 Å². The molecule has 0 saturated carbocycles. The van der Waals surface area contributed by atoms with Crippen molar-refractivity contribution >= 4 is 21.6 Å². The second-order valence-corrected chi connectivity index (χ2v) is 5.06. The third-order valence-electron chi connectivity index (χ3n) is 3.03. The van der Waals surface area contributed by atoms with Crippen molar-refractivity contribution in [2.24, 2.45) is 0 Å². The van der Waals surface area contributed by atoms with E-state index in [1.165, 1.54) is 0 Å². The van der Waals surface area contributed by atoms with Crippen molar-refractivity contribution in [1.82, 2.24) is 14.7 Å². The fourth-order valence-corrected chi connectivity index (χ4v) is 2.42. The lowest BCUT2D eigenvalue weighted by Crippen LogP contribution is -2.40. The molecule has 1 fully saturated rings. The van der Waals surface area contributed by atoms with E-state index >= 15 is 0 Å². The molecule has 5 heteroatoms. The van der Waals surface area contributed by atoms with Crippen LogP contribution in [0.2, 0.25) is 0 Å². The Morgan fingerprint density at radius 1 is 1.53 bits per heavy atom. The molecule has 1 aliphatic heterocycles. The van der Waals surface area contributed by atoms with Gasteiger partial charge in [-0.15, -0.1) is 0 Å². The van der Waals surface area contributed by atoms with Crippen molar-refractivity contribution in [3.05, 3.63) is 28.6 Å². The number of imidazole rings is 1. The fourth-order valence-electron chi connectivity index (χ4n) is 1.97. The molecule has 0 amide bonds. The first-order valence-corrected chi connectivity index (χ1v) is 6.59. The Morgan fingerprint density at radius 3 is 3.00 bits per heavy atom. The molecule has 0 unspecified atom stereocenters. The predicted octanol–water partition coefficient (Wildman–Crippen LogP) is 2.18. The molecule has 3 rings (SSSR count). The van der Waals surface area contributed by atoms with Crippen LogP contribution in [-0.4, -0.2) is 29.1 Å². The van der Waals surface area contributed by atoms with Crippen molar-refractivity contribution in [1.29, 1.82) is 0 Å². The first-order valence-electron chi connectivity index (χ1n) is 5.79. The van der Waals surface area contributed by atoms with Gasteiger partial charge < -0.3 is 14.5 Å². The van der Waals surface area contributed by atoms with Gasteiger partial charge in [0.15, 0.2) is 0 Å². The lowest BCUT2D eigenvalue weighted by Gasteiger charge is -2.24. The van der Waals surface area contributed by atoms with Gasteiger partial charge in [0.2, 0.25) is 0 Å². The zero-order valence-corrected chi connectivity index (χ0v) is 11.2. The molecular formula is C12H14BrN3O. The molecule has 0 bridgehead atoms. The number of nitrogens with zero attached hydrogens (tertiary/aromatic N) is 2. The first kappa shape index (κ1) is 11.0. The summed E-state index contributed by atoms with van der Waals surface area (Å²) in [6.07, 6.45) is 4.10. The number of pyridine rings is 1. The lowest BCUT2D eigenvalue weighted by molar-refractivity contribution is 0.338. The van der Waals surface area contributed by atoms with Crippen LogP contribution >= 0.6 is 15.9 Å². The predicted molar refractivity (Wildman–Crippen MR) is 69.7 cm³/mol. The number of hydrogen-bond acceptors (Lipinski definition) is 3. The Morgan fingerprint density at radius 2 is 2.35 bits per heavy atom. The van der Waals surface area contributed by atoms with Gasteiger partial charge in [-0.25, -0.2) is 4.98 Å². The molecular weight excluding hydrogens is 282 g/mol. The molecule has 1 N–H and O–H groups in total. The Balaban J connectivity index is 2.02. The molecule has 17 heavy (non-hydrogen) atoms. The maximum atomic E-state index is 5.54. The van der Waals surface area contributed by atoms with Gasteiger partial charge in [-0.2, -0.15) is 0 Å². The highest BCUT2D eigenvalue weighted by atomic mass is 79.9. The summed E-state index contributed by atoms with van der Waals surface area (Å²) in [4.78, 5) is 4.64. The normalized spacial score (nSPS) is 16.1. The number of hydrogen-bond donors (Lipinski definition) is 1. The second kappa shape index (κ2) is 4.31. The highest BCUT2D eigenvalue weighted by Gasteiger charge is 2.21. The number of rotatable bonds is 3. The van der Waals surface area contributed by atoms with E-state index < -0.39 is 0 Å². The molecule has 0 radical (unpaired) electrons. The number of fused-ring (bicyclic) bond motifs is 1. The van der Waals surface area contributed by atoms with Crippen LogP contribution in [0.3, 0.4) is 0 Å². The molecule has 0 aliphatic carbocycles. The van der Waals surface area contributed by atoms with E-state index in [-0.39, 0.29) is 0 Å². The van der Waals surface area contributed by atoms with Crippen molar-refractivity contribution in [3.8, 4) is 5.75 Å². The van der Waals surface area contributed by atoms with Crippen LogP contribution in [0.1, 0.15) is 18.5 Å². The van der Waals surface area contributed by atoms with E-state index in [9.17, 15) is 0 Å². The largest absolute Gasteiger partial charge is 0.492 e. The minimum atomic E-state index is 0.559. The fraction of sp³-hybridized carbons (Fsp3) is 0.417. The summed E-state index contributed by atoms with van der Waals surface area (Å²) in [7, 11) is 0. The molecule has 2 aromatic heterocycles. The van der Waals surface area contributed by atoms with Gasteiger partial charge in [0.25, 0.3) is 0 Å². The zero-order chi connectivity index (χ0) is 11.8. The minimum Gasteiger partial charge on any atom is -0.492 e. The summed E-state index contributed by atoms with van der Waals surface area (Å²) < 4.78 is 8.54. The third-order valence-corrected chi connectivity index (χ3v) is 3.62. The summed E-state index contributed by atoms with van der Waals surface area (Å²) in [5.74, 6) is 1.41. The molecule has 3 heterocycles. The number of nitrogens with one attached hydrogen (secondary N) is 1. The van der Waals surface area contributed by atoms with Crippen LogP contribution in [0.5, 0.6) is 5.75 Å². The Kier molecular flexibility index (Phi) is 2.80. The highest BCUT2D eigenvalue weighted by molar-refractivity contribution is 9.10. The van der Waals surface area contributed by atoms with E-state index in [1.54, 1.807) is 0 Å². The Bertz CT molecular complexity index is 548. The van der Waals surface area contributed by atoms with Gasteiger partial charge in [0.05, 0.1) is 16.8 Å². The lowest BCUT2D eigenvalue weighted by atomic mass is 10.0. The number of ether oxygens (including phenoxy) is 1. The van der Waals surface area contributed by atoms with Gasteiger partial charge in [-0.05, 0) is 22.9 Å². The standard InChI is InChI=1S/C12H14BrN3O/c1-2-17-11-3-12-15-10(8-4-14-5-8)7-16(12)6-9(11)13/h3,6-8,14H,2,4-5H2,1H3. The van der Waals surface area contributed by atoms with Gasteiger partial charge in [-0.1, -0.05) is 0 Å². The molecule has 4 nitrogen and oxygen atoms in total. The topological polar surface area (TPSA) is 38.6 Å². The quantitative estimate of drug-likeness (QED) is 0.943. The molecule has 1 saturated heterocycles. The highest BCUT2D eigenvalue weighted by Crippen LogP contribution is 2.28. The summed E-state index contributed by atoms with van der Waals surface area (Å²) >= 11 is 3.51.